The molecule has 0 atom stereocenters. The summed E-state index contributed by atoms with van der Waals surface area (Å²) in [5, 5.41) is 4.68. The lowest BCUT2D eigenvalue weighted by atomic mass is 9.89. The van der Waals surface area contributed by atoms with Gasteiger partial charge < -0.3 is 13.8 Å². The normalized spacial score (nSPS) is 15.5. The minimum absolute atomic E-state index is 0.0259. The number of hydrogen-bond donors (Lipinski definition) is 0. The molecule has 0 spiro atoms. The van der Waals surface area contributed by atoms with Gasteiger partial charge in [0.05, 0.1) is 22.9 Å². The molecule has 136 valence electrons. The fourth-order valence-corrected chi connectivity index (χ4v) is 3.86. The Morgan fingerprint density at radius 1 is 1.31 bits per heavy atom. The van der Waals surface area contributed by atoms with E-state index in [1.807, 2.05) is 24.9 Å². The number of furan rings is 1. The lowest BCUT2D eigenvalue weighted by Gasteiger charge is -2.27. The van der Waals surface area contributed by atoms with Crippen molar-refractivity contribution < 1.29 is 13.7 Å². The number of rotatable bonds is 4. The van der Waals surface area contributed by atoms with Crippen LogP contribution in [-0.2, 0) is 0 Å². The molecule has 4 rings (SSSR count). The van der Waals surface area contributed by atoms with Crippen LogP contribution in [0.25, 0.3) is 22.6 Å². The molecule has 0 saturated heterocycles. The van der Waals surface area contributed by atoms with Crippen LogP contribution in [0.3, 0.4) is 0 Å². The molecule has 3 aromatic rings. The van der Waals surface area contributed by atoms with Crippen LogP contribution < -0.4 is 0 Å². The smallest absolute Gasteiger partial charge is 0.259 e. The van der Waals surface area contributed by atoms with Gasteiger partial charge in [-0.3, -0.25) is 4.79 Å². The minimum atomic E-state index is -0.0259. The number of fused-ring (bicyclic) bond motifs is 1. The lowest BCUT2D eigenvalue weighted by Crippen LogP contribution is -2.32. The molecule has 0 aromatic carbocycles. The van der Waals surface area contributed by atoms with E-state index in [0.717, 1.165) is 6.54 Å². The summed E-state index contributed by atoms with van der Waals surface area (Å²) in [6, 6.07) is 5.39. The van der Waals surface area contributed by atoms with E-state index in [0.29, 0.717) is 39.7 Å². The van der Waals surface area contributed by atoms with E-state index in [9.17, 15) is 4.79 Å². The van der Waals surface area contributed by atoms with Crippen LogP contribution in [-0.4, -0.2) is 34.5 Å². The first kappa shape index (κ1) is 16.8. The number of aromatic nitrogens is 2. The molecule has 0 aliphatic heterocycles. The highest BCUT2D eigenvalue weighted by atomic mass is 16.5. The molecule has 1 fully saturated rings. The summed E-state index contributed by atoms with van der Waals surface area (Å²) in [5.74, 6) is 1.16. The Morgan fingerprint density at radius 3 is 2.85 bits per heavy atom. The number of amides is 1. The van der Waals surface area contributed by atoms with Crippen LogP contribution in [0, 0.1) is 12.8 Å². The van der Waals surface area contributed by atoms with E-state index in [1.54, 1.807) is 18.4 Å². The zero-order valence-electron chi connectivity index (χ0n) is 15.2. The number of nitrogens with zero attached hydrogens (tertiary/aromatic N) is 3. The van der Waals surface area contributed by atoms with E-state index in [-0.39, 0.29) is 5.91 Å². The van der Waals surface area contributed by atoms with E-state index in [2.05, 4.69) is 10.1 Å². The summed E-state index contributed by atoms with van der Waals surface area (Å²) in [4.78, 5) is 19.5. The third kappa shape index (κ3) is 3.11. The highest BCUT2D eigenvalue weighted by molar-refractivity contribution is 6.06. The van der Waals surface area contributed by atoms with Crippen molar-refractivity contribution in [1.29, 1.82) is 0 Å². The van der Waals surface area contributed by atoms with Gasteiger partial charge in [0.1, 0.15) is 5.69 Å². The maximum Gasteiger partial charge on any atom is 0.259 e. The molecule has 1 aliphatic rings. The van der Waals surface area contributed by atoms with Gasteiger partial charge in [-0.25, -0.2) is 4.98 Å². The van der Waals surface area contributed by atoms with Gasteiger partial charge in [-0.15, -0.1) is 0 Å². The topological polar surface area (TPSA) is 72.4 Å². The van der Waals surface area contributed by atoms with Crippen molar-refractivity contribution >= 4 is 17.0 Å². The van der Waals surface area contributed by atoms with Gasteiger partial charge in [-0.2, -0.15) is 0 Å². The number of carbonyl (C=O) groups is 1. The van der Waals surface area contributed by atoms with Crippen LogP contribution in [0.15, 0.2) is 33.4 Å². The molecule has 3 aromatic heterocycles. The largest absolute Gasteiger partial charge is 0.463 e. The first-order valence-electron chi connectivity index (χ1n) is 9.20. The van der Waals surface area contributed by atoms with Crippen molar-refractivity contribution in [2.45, 2.75) is 39.0 Å². The average molecular weight is 353 g/mol. The van der Waals surface area contributed by atoms with Gasteiger partial charge >= 0.3 is 0 Å². The molecule has 6 heteroatoms. The summed E-state index contributed by atoms with van der Waals surface area (Å²) in [7, 11) is 1.87. The Kier molecular flexibility index (Phi) is 4.49. The Labute approximate surface area is 152 Å². The standard InChI is InChI=1S/C20H23N3O3/c1-13-18-15(20(24)23(2)12-14-7-4-3-5-8-14)11-16(17-9-6-10-25-17)21-19(18)26-22-13/h6,9-11,14H,3-5,7-8,12H2,1-2H3. The second-order valence-corrected chi connectivity index (χ2v) is 7.17. The third-order valence-electron chi connectivity index (χ3n) is 5.22. The molecule has 0 bridgehead atoms. The third-order valence-corrected chi connectivity index (χ3v) is 5.22. The molecular formula is C20H23N3O3. The highest BCUT2D eigenvalue weighted by Crippen LogP contribution is 2.29. The van der Waals surface area contributed by atoms with Gasteiger partial charge in [0.15, 0.2) is 5.76 Å². The Hall–Kier alpha value is -2.63. The maximum absolute atomic E-state index is 13.2. The van der Waals surface area contributed by atoms with Crippen LogP contribution in [0.5, 0.6) is 0 Å². The van der Waals surface area contributed by atoms with Crippen molar-refractivity contribution in [2.75, 3.05) is 13.6 Å². The van der Waals surface area contributed by atoms with E-state index in [1.165, 1.54) is 32.1 Å². The van der Waals surface area contributed by atoms with E-state index in [4.69, 9.17) is 8.94 Å². The number of hydrogen-bond acceptors (Lipinski definition) is 5. The summed E-state index contributed by atoms with van der Waals surface area (Å²) in [6.45, 7) is 2.61. The number of pyridine rings is 1. The van der Waals surface area contributed by atoms with Gasteiger partial charge in [-0.05, 0) is 43.9 Å². The molecule has 1 saturated carbocycles. The average Bonchev–Trinajstić information content (AvgIpc) is 3.31. The molecule has 3 heterocycles. The van der Waals surface area contributed by atoms with Crippen LogP contribution in [0.1, 0.15) is 48.2 Å². The molecule has 1 amide bonds. The Balaban J connectivity index is 1.69. The van der Waals surface area contributed by atoms with Crippen molar-refractivity contribution in [3.63, 3.8) is 0 Å². The Morgan fingerprint density at radius 2 is 2.12 bits per heavy atom. The van der Waals surface area contributed by atoms with Crippen LogP contribution in [0.2, 0.25) is 0 Å². The first-order valence-corrected chi connectivity index (χ1v) is 9.20. The van der Waals surface area contributed by atoms with Crippen LogP contribution in [0.4, 0.5) is 0 Å². The maximum atomic E-state index is 13.2. The second-order valence-electron chi connectivity index (χ2n) is 7.17. The van der Waals surface area contributed by atoms with Gasteiger partial charge in [0.25, 0.3) is 11.6 Å². The van der Waals surface area contributed by atoms with Crippen molar-refractivity contribution in [3.8, 4) is 11.5 Å². The molecular weight excluding hydrogens is 330 g/mol. The summed E-state index contributed by atoms with van der Waals surface area (Å²) < 4.78 is 10.8. The van der Waals surface area contributed by atoms with Crippen molar-refractivity contribution in [2.24, 2.45) is 5.92 Å². The highest BCUT2D eigenvalue weighted by Gasteiger charge is 2.24. The Bertz CT molecular complexity index is 908. The lowest BCUT2D eigenvalue weighted by molar-refractivity contribution is 0.0762. The number of carbonyl (C=O) groups excluding carboxylic acids is 1. The number of aryl methyl sites for hydroxylation is 1. The van der Waals surface area contributed by atoms with Crippen LogP contribution >= 0.6 is 0 Å². The summed E-state index contributed by atoms with van der Waals surface area (Å²) >= 11 is 0. The SMILES string of the molecule is Cc1noc2nc(-c3ccco3)cc(C(=O)N(C)CC3CCCCC3)c12. The molecule has 26 heavy (non-hydrogen) atoms. The zero-order chi connectivity index (χ0) is 18.1. The predicted molar refractivity (Wildman–Crippen MR) is 97.8 cm³/mol. The molecule has 0 N–H and O–H groups in total. The molecule has 1 aliphatic carbocycles. The van der Waals surface area contributed by atoms with Gasteiger partial charge in [-0.1, -0.05) is 24.4 Å². The van der Waals surface area contributed by atoms with Crippen molar-refractivity contribution in [3.05, 3.63) is 35.7 Å². The van der Waals surface area contributed by atoms with E-state index < -0.39 is 0 Å². The van der Waals surface area contributed by atoms with Crippen molar-refractivity contribution in [1.82, 2.24) is 15.0 Å². The van der Waals surface area contributed by atoms with Gasteiger partial charge in [0, 0.05) is 13.6 Å². The summed E-state index contributed by atoms with van der Waals surface area (Å²) in [5.41, 5.74) is 2.19. The zero-order valence-corrected chi connectivity index (χ0v) is 15.2. The quantitative estimate of drug-likeness (QED) is 0.693. The summed E-state index contributed by atoms with van der Waals surface area (Å²) in [6.07, 6.45) is 7.83. The molecule has 0 radical (unpaired) electrons. The minimum Gasteiger partial charge on any atom is -0.463 e. The fourth-order valence-electron chi connectivity index (χ4n) is 3.86. The van der Waals surface area contributed by atoms with Gasteiger partial charge in [0.2, 0.25) is 0 Å². The van der Waals surface area contributed by atoms with E-state index >= 15 is 0 Å². The second kappa shape index (κ2) is 6.94. The first-order chi connectivity index (χ1) is 12.6. The molecule has 0 unspecified atom stereocenters. The fraction of sp³-hybridized carbons (Fsp3) is 0.450. The monoisotopic (exact) mass is 353 g/mol. The predicted octanol–water partition coefficient (Wildman–Crippen LogP) is 4.44. The molecule has 6 nitrogen and oxygen atoms in total.